The van der Waals surface area contributed by atoms with Gasteiger partial charge in [-0.15, -0.1) is 0 Å². The zero-order chi connectivity index (χ0) is 18.7. The largest absolute Gasteiger partial charge is 0.488 e. The number of carbonyl (C=O) groups excluding carboxylic acids is 1. The molecule has 0 saturated heterocycles. The van der Waals surface area contributed by atoms with Gasteiger partial charge in [0.15, 0.2) is 9.84 Å². The van der Waals surface area contributed by atoms with E-state index in [2.05, 4.69) is 0 Å². The monoisotopic (exact) mass is 381 g/mol. The molecule has 0 aromatic heterocycles. The van der Waals surface area contributed by atoms with Crippen molar-refractivity contribution >= 4 is 25.9 Å². The molecule has 0 fully saturated rings. The molecule has 1 unspecified atom stereocenters. The molecule has 134 valence electrons. The molecule has 2 aromatic carbocycles. The van der Waals surface area contributed by atoms with Gasteiger partial charge in [0.25, 0.3) is 0 Å². The summed E-state index contributed by atoms with van der Waals surface area (Å²) in [6, 6.07) is 10.8. The fourth-order valence-corrected chi connectivity index (χ4v) is 3.89. The Balaban J connectivity index is 2.23. The van der Waals surface area contributed by atoms with E-state index in [1.165, 1.54) is 18.2 Å². The maximum absolute atomic E-state index is 12.0. The Bertz CT molecular complexity index is 978. The lowest BCUT2D eigenvalue weighted by atomic mass is 10.2. The summed E-state index contributed by atoms with van der Waals surface area (Å²) in [5, 5.41) is 0. The van der Waals surface area contributed by atoms with Crippen LogP contribution >= 0.6 is 0 Å². The number of rotatable bonds is 7. The molecule has 8 heteroatoms. The lowest BCUT2D eigenvalue weighted by molar-refractivity contribution is 0.112. The quantitative estimate of drug-likeness (QED) is 0.743. The Labute approximate surface area is 147 Å². The summed E-state index contributed by atoms with van der Waals surface area (Å²) in [7, 11) is -6.32. The van der Waals surface area contributed by atoms with E-state index in [-0.39, 0.29) is 28.6 Å². The second-order valence-corrected chi connectivity index (χ2v) is 9.88. The van der Waals surface area contributed by atoms with Crippen LogP contribution < -0.4 is 4.74 Å². The third-order valence-corrected chi connectivity index (χ3v) is 6.57. The molecule has 1 atom stereocenters. The van der Waals surface area contributed by atoms with Crippen molar-refractivity contribution in [3.63, 3.8) is 0 Å². The van der Waals surface area contributed by atoms with Crippen LogP contribution in [0, 0.1) is 4.78 Å². The van der Waals surface area contributed by atoms with Gasteiger partial charge in [0.05, 0.1) is 9.73 Å². The number of benzene rings is 2. The number of hydrogen-bond donors (Lipinski definition) is 1. The molecule has 2 rings (SSSR count). The number of aldehydes is 1. The summed E-state index contributed by atoms with van der Waals surface area (Å²) < 4.78 is 49.1. The van der Waals surface area contributed by atoms with Gasteiger partial charge in [0.1, 0.15) is 23.5 Å². The minimum atomic E-state index is -3.55. The molecular formula is C17H19NO5S2. The number of hydrogen-bond acceptors (Lipinski definition) is 6. The van der Waals surface area contributed by atoms with Crippen molar-refractivity contribution in [2.24, 2.45) is 0 Å². The van der Waals surface area contributed by atoms with E-state index in [0.29, 0.717) is 11.2 Å². The van der Waals surface area contributed by atoms with Gasteiger partial charge >= 0.3 is 0 Å². The summed E-state index contributed by atoms with van der Waals surface area (Å²) in [6.45, 7) is 1.80. The fourth-order valence-electron chi connectivity index (χ4n) is 2.14. The molecular weight excluding hydrogens is 362 g/mol. The Hall–Kier alpha value is -2.19. The lowest BCUT2D eigenvalue weighted by Crippen LogP contribution is -2.05. The van der Waals surface area contributed by atoms with E-state index < -0.39 is 19.6 Å². The van der Waals surface area contributed by atoms with Crippen LogP contribution in [0.15, 0.2) is 52.3 Å². The van der Waals surface area contributed by atoms with Gasteiger partial charge in [-0.05, 0) is 35.9 Å². The van der Waals surface area contributed by atoms with E-state index in [1.54, 1.807) is 31.2 Å². The third kappa shape index (κ3) is 4.67. The second kappa shape index (κ2) is 7.37. The molecule has 0 spiro atoms. The molecule has 0 aliphatic carbocycles. The zero-order valence-corrected chi connectivity index (χ0v) is 15.5. The van der Waals surface area contributed by atoms with Crippen LogP contribution in [0.2, 0.25) is 0 Å². The second-order valence-electron chi connectivity index (χ2n) is 5.49. The van der Waals surface area contributed by atoms with Crippen LogP contribution in [0.25, 0.3) is 0 Å². The van der Waals surface area contributed by atoms with Gasteiger partial charge in [-0.25, -0.2) is 17.4 Å². The van der Waals surface area contributed by atoms with Crippen LogP contribution in [0.4, 0.5) is 0 Å². The molecule has 0 radical (unpaired) electrons. The van der Waals surface area contributed by atoms with Crippen LogP contribution in [0.5, 0.6) is 5.75 Å². The van der Waals surface area contributed by atoms with Crippen molar-refractivity contribution in [2.45, 2.75) is 23.3 Å². The Morgan fingerprint density at radius 1 is 1.08 bits per heavy atom. The van der Waals surface area contributed by atoms with Crippen molar-refractivity contribution in [1.29, 1.82) is 4.78 Å². The summed E-state index contributed by atoms with van der Waals surface area (Å²) in [6.07, 6.45) is 1.62. The van der Waals surface area contributed by atoms with Gasteiger partial charge in [-0.2, -0.15) is 0 Å². The molecule has 6 nitrogen and oxygen atoms in total. The summed E-state index contributed by atoms with van der Waals surface area (Å²) in [5.74, 6) is 0.402. The third-order valence-electron chi connectivity index (χ3n) is 3.61. The standard InChI is InChI=1S/C17H19NO5S2/c1-3-25(18,22)15-7-4-13(5-8-15)12-23-16-9-6-14(11-19)10-17(16)24(2,20)21/h4-11,18H,3,12H2,1-2H3. The van der Waals surface area contributed by atoms with Gasteiger partial charge in [-0.3, -0.25) is 4.79 Å². The number of carbonyl (C=O) groups is 1. The molecule has 0 bridgehead atoms. The zero-order valence-electron chi connectivity index (χ0n) is 13.9. The number of nitrogens with one attached hydrogen (secondary N) is 1. The highest BCUT2D eigenvalue weighted by Gasteiger charge is 2.16. The van der Waals surface area contributed by atoms with Gasteiger partial charge in [0, 0.05) is 22.5 Å². The molecule has 25 heavy (non-hydrogen) atoms. The molecule has 2 aromatic rings. The molecule has 0 aliphatic heterocycles. The smallest absolute Gasteiger partial charge is 0.179 e. The first-order valence-corrected chi connectivity index (χ1v) is 11.1. The highest BCUT2D eigenvalue weighted by atomic mass is 32.2. The van der Waals surface area contributed by atoms with Crippen LogP contribution in [-0.2, 0) is 26.2 Å². The van der Waals surface area contributed by atoms with Gasteiger partial charge < -0.3 is 4.74 Å². The Morgan fingerprint density at radius 3 is 2.24 bits per heavy atom. The van der Waals surface area contributed by atoms with E-state index in [0.717, 1.165) is 11.8 Å². The van der Waals surface area contributed by atoms with Gasteiger partial charge in [0.2, 0.25) is 0 Å². The van der Waals surface area contributed by atoms with Crippen LogP contribution in [-0.4, -0.2) is 30.9 Å². The molecule has 0 saturated carbocycles. The minimum Gasteiger partial charge on any atom is -0.488 e. The number of sulfone groups is 1. The van der Waals surface area contributed by atoms with Crippen molar-refractivity contribution in [3.8, 4) is 5.75 Å². The van der Waals surface area contributed by atoms with Crippen LogP contribution in [0.1, 0.15) is 22.8 Å². The van der Waals surface area contributed by atoms with Crippen molar-refractivity contribution < 1.29 is 22.2 Å². The van der Waals surface area contributed by atoms with Gasteiger partial charge in [-0.1, -0.05) is 19.1 Å². The fraction of sp³-hybridized carbons (Fsp3) is 0.235. The van der Waals surface area contributed by atoms with E-state index in [4.69, 9.17) is 9.52 Å². The average molecular weight is 381 g/mol. The molecule has 1 N–H and O–H groups in total. The minimum absolute atomic E-state index is 0.0473. The lowest BCUT2D eigenvalue weighted by Gasteiger charge is -2.12. The first kappa shape index (κ1) is 19.1. The average Bonchev–Trinajstić information content (AvgIpc) is 2.59. The maximum atomic E-state index is 12.0. The first-order valence-electron chi connectivity index (χ1n) is 7.45. The first-order chi connectivity index (χ1) is 11.7. The van der Waals surface area contributed by atoms with Crippen molar-refractivity contribution in [2.75, 3.05) is 12.0 Å². The molecule has 0 aliphatic rings. The Kier molecular flexibility index (Phi) is 5.64. The van der Waals surface area contributed by atoms with E-state index in [1.807, 2.05) is 0 Å². The number of ether oxygens (including phenoxy) is 1. The van der Waals surface area contributed by atoms with Crippen molar-refractivity contribution in [1.82, 2.24) is 0 Å². The summed E-state index contributed by atoms with van der Waals surface area (Å²) in [4.78, 5) is 11.2. The van der Waals surface area contributed by atoms with Crippen LogP contribution in [0.3, 0.4) is 0 Å². The predicted molar refractivity (Wildman–Crippen MR) is 95.4 cm³/mol. The SMILES string of the molecule is CCS(=N)(=O)c1ccc(COc2ccc(C=O)cc2S(C)(=O)=O)cc1. The highest BCUT2D eigenvalue weighted by Crippen LogP contribution is 2.26. The van der Waals surface area contributed by atoms with E-state index in [9.17, 15) is 17.4 Å². The maximum Gasteiger partial charge on any atom is 0.179 e. The highest BCUT2D eigenvalue weighted by molar-refractivity contribution is 7.92. The molecule has 0 heterocycles. The summed E-state index contributed by atoms with van der Waals surface area (Å²) in [5.41, 5.74) is 0.996. The predicted octanol–water partition coefficient (Wildman–Crippen LogP) is 2.91. The van der Waals surface area contributed by atoms with E-state index >= 15 is 0 Å². The molecule has 0 amide bonds. The topological polar surface area (TPSA) is 101 Å². The normalized spacial score (nSPS) is 13.8. The van der Waals surface area contributed by atoms with Crippen molar-refractivity contribution in [3.05, 3.63) is 53.6 Å². The summed E-state index contributed by atoms with van der Waals surface area (Å²) >= 11 is 0. The Morgan fingerprint density at radius 2 is 1.72 bits per heavy atom.